The normalized spacial score (nSPS) is 10.8. The topological polar surface area (TPSA) is 35.8 Å². The molecule has 0 fully saturated rings. The summed E-state index contributed by atoms with van der Waals surface area (Å²) < 4.78 is 0. The van der Waals surface area contributed by atoms with Gasteiger partial charge in [-0.05, 0) is 39.0 Å². The van der Waals surface area contributed by atoms with E-state index in [0.717, 1.165) is 5.69 Å². The van der Waals surface area contributed by atoms with Crippen molar-refractivity contribution in [2.24, 2.45) is 0 Å². The van der Waals surface area contributed by atoms with Crippen LogP contribution in [-0.4, -0.2) is 5.54 Å². The number of halogens is 1. The van der Waals surface area contributed by atoms with Crippen LogP contribution in [-0.2, 0) is 0 Å². The summed E-state index contributed by atoms with van der Waals surface area (Å²) in [7, 11) is 0. The molecule has 0 spiro atoms. The van der Waals surface area contributed by atoms with Gasteiger partial charge in [-0.2, -0.15) is 5.26 Å². The highest BCUT2D eigenvalue weighted by Gasteiger charge is 2.12. The number of benzene rings is 1. The molecular formula is C11H13ClN2. The van der Waals surface area contributed by atoms with Crippen molar-refractivity contribution in [3.05, 3.63) is 28.8 Å². The van der Waals surface area contributed by atoms with Crippen LogP contribution < -0.4 is 5.32 Å². The van der Waals surface area contributed by atoms with Gasteiger partial charge in [0.1, 0.15) is 6.07 Å². The van der Waals surface area contributed by atoms with Gasteiger partial charge in [-0.1, -0.05) is 11.6 Å². The third kappa shape index (κ3) is 2.93. The Morgan fingerprint density at radius 3 is 2.50 bits per heavy atom. The van der Waals surface area contributed by atoms with E-state index in [2.05, 4.69) is 11.4 Å². The fraction of sp³-hybridized carbons (Fsp3) is 0.364. The summed E-state index contributed by atoms with van der Waals surface area (Å²) in [5.74, 6) is 0. The Morgan fingerprint density at radius 2 is 2.00 bits per heavy atom. The number of nitrogens with one attached hydrogen (secondary N) is 1. The third-order valence-corrected chi connectivity index (χ3v) is 1.85. The summed E-state index contributed by atoms with van der Waals surface area (Å²) in [6.07, 6.45) is 0. The number of nitrogens with zero attached hydrogens (tertiary/aromatic N) is 1. The summed E-state index contributed by atoms with van der Waals surface area (Å²) in [6.45, 7) is 6.11. The second-order valence-corrected chi connectivity index (χ2v) is 4.61. The van der Waals surface area contributed by atoms with Crippen molar-refractivity contribution in [1.82, 2.24) is 0 Å². The standard InChI is InChI=1S/C11H13ClN2/c1-11(2,3)14-10-6-9(12)5-4-8(10)7-13/h4-6,14H,1-3H3. The predicted molar refractivity (Wildman–Crippen MR) is 59.5 cm³/mol. The second-order valence-electron chi connectivity index (χ2n) is 4.18. The summed E-state index contributed by atoms with van der Waals surface area (Å²) in [5, 5.41) is 12.7. The fourth-order valence-electron chi connectivity index (χ4n) is 1.12. The number of rotatable bonds is 1. The Kier molecular flexibility index (Phi) is 3.03. The zero-order chi connectivity index (χ0) is 10.8. The van der Waals surface area contributed by atoms with Crippen LogP contribution in [0, 0.1) is 11.3 Å². The van der Waals surface area contributed by atoms with Crippen molar-refractivity contribution < 1.29 is 0 Å². The van der Waals surface area contributed by atoms with Gasteiger partial charge in [-0.3, -0.25) is 0 Å². The summed E-state index contributed by atoms with van der Waals surface area (Å²) >= 11 is 5.85. The zero-order valence-electron chi connectivity index (χ0n) is 8.56. The van der Waals surface area contributed by atoms with E-state index in [4.69, 9.17) is 16.9 Å². The molecule has 0 saturated heterocycles. The summed E-state index contributed by atoms with van der Waals surface area (Å²) in [5.41, 5.74) is 1.33. The molecule has 0 aliphatic rings. The predicted octanol–water partition coefficient (Wildman–Crippen LogP) is 3.42. The molecule has 0 heterocycles. The minimum absolute atomic E-state index is 0.0731. The molecule has 1 aromatic carbocycles. The van der Waals surface area contributed by atoms with E-state index in [0.29, 0.717) is 10.6 Å². The second kappa shape index (κ2) is 3.89. The van der Waals surface area contributed by atoms with E-state index >= 15 is 0 Å². The maximum absolute atomic E-state index is 8.87. The van der Waals surface area contributed by atoms with Gasteiger partial charge >= 0.3 is 0 Å². The van der Waals surface area contributed by atoms with Crippen LogP contribution in [0.3, 0.4) is 0 Å². The van der Waals surface area contributed by atoms with Gasteiger partial charge < -0.3 is 5.32 Å². The van der Waals surface area contributed by atoms with E-state index in [1.165, 1.54) is 0 Å². The van der Waals surface area contributed by atoms with Crippen LogP contribution in [0.25, 0.3) is 0 Å². The molecule has 14 heavy (non-hydrogen) atoms. The van der Waals surface area contributed by atoms with Crippen LogP contribution in [0.2, 0.25) is 5.02 Å². The molecule has 0 amide bonds. The highest BCUT2D eigenvalue weighted by Crippen LogP contribution is 2.23. The molecule has 0 aromatic heterocycles. The molecule has 1 N–H and O–H groups in total. The first kappa shape index (κ1) is 10.9. The first-order valence-electron chi connectivity index (χ1n) is 4.40. The molecule has 74 valence electrons. The molecule has 3 heteroatoms. The number of hydrogen-bond donors (Lipinski definition) is 1. The maximum atomic E-state index is 8.87. The quantitative estimate of drug-likeness (QED) is 0.768. The van der Waals surface area contributed by atoms with E-state index < -0.39 is 0 Å². The minimum atomic E-state index is -0.0731. The van der Waals surface area contributed by atoms with Crippen molar-refractivity contribution in [3.63, 3.8) is 0 Å². The average Bonchev–Trinajstić information content (AvgIpc) is 2.01. The Balaban J connectivity index is 3.07. The Labute approximate surface area is 89.5 Å². The van der Waals surface area contributed by atoms with E-state index in [-0.39, 0.29) is 5.54 Å². The molecule has 1 aromatic rings. The molecule has 0 saturated carbocycles. The first-order chi connectivity index (χ1) is 6.42. The molecule has 0 aliphatic heterocycles. The molecular weight excluding hydrogens is 196 g/mol. The van der Waals surface area contributed by atoms with E-state index in [9.17, 15) is 0 Å². The average molecular weight is 209 g/mol. The molecule has 2 nitrogen and oxygen atoms in total. The van der Waals surface area contributed by atoms with Crippen molar-refractivity contribution >= 4 is 17.3 Å². The smallest absolute Gasteiger partial charge is 0.101 e. The first-order valence-corrected chi connectivity index (χ1v) is 4.78. The van der Waals surface area contributed by atoms with Crippen molar-refractivity contribution in [2.75, 3.05) is 5.32 Å². The highest BCUT2D eigenvalue weighted by atomic mass is 35.5. The molecule has 0 bridgehead atoms. The highest BCUT2D eigenvalue weighted by molar-refractivity contribution is 6.30. The zero-order valence-corrected chi connectivity index (χ0v) is 9.31. The molecule has 1 rings (SSSR count). The van der Waals surface area contributed by atoms with Gasteiger partial charge in [0.25, 0.3) is 0 Å². The van der Waals surface area contributed by atoms with E-state index in [1.54, 1.807) is 18.2 Å². The Bertz CT molecular complexity index is 372. The van der Waals surface area contributed by atoms with Crippen LogP contribution in [0.5, 0.6) is 0 Å². The van der Waals surface area contributed by atoms with E-state index in [1.807, 2.05) is 20.8 Å². The summed E-state index contributed by atoms with van der Waals surface area (Å²) in [4.78, 5) is 0. The maximum Gasteiger partial charge on any atom is 0.101 e. The molecule has 0 unspecified atom stereocenters. The number of anilines is 1. The monoisotopic (exact) mass is 208 g/mol. The van der Waals surface area contributed by atoms with Gasteiger partial charge in [0, 0.05) is 10.6 Å². The van der Waals surface area contributed by atoms with Gasteiger partial charge in [-0.25, -0.2) is 0 Å². The minimum Gasteiger partial charge on any atom is -0.379 e. The lowest BCUT2D eigenvalue weighted by Crippen LogP contribution is -2.26. The lowest BCUT2D eigenvalue weighted by atomic mass is 10.1. The van der Waals surface area contributed by atoms with Gasteiger partial charge in [0.15, 0.2) is 0 Å². The van der Waals surface area contributed by atoms with Crippen LogP contribution >= 0.6 is 11.6 Å². The molecule has 0 radical (unpaired) electrons. The van der Waals surface area contributed by atoms with Gasteiger partial charge in [-0.15, -0.1) is 0 Å². The van der Waals surface area contributed by atoms with Crippen LogP contribution in [0.4, 0.5) is 5.69 Å². The van der Waals surface area contributed by atoms with Crippen LogP contribution in [0.15, 0.2) is 18.2 Å². The third-order valence-electron chi connectivity index (χ3n) is 1.61. The molecule has 0 atom stereocenters. The fourth-order valence-corrected chi connectivity index (χ4v) is 1.29. The Hall–Kier alpha value is -1.20. The molecule has 0 aliphatic carbocycles. The lowest BCUT2D eigenvalue weighted by Gasteiger charge is -2.22. The van der Waals surface area contributed by atoms with Crippen molar-refractivity contribution in [3.8, 4) is 6.07 Å². The van der Waals surface area contributed by atoms with Crippen molar-refractivity contribution in [1.29, 1.82) is 5.26 Å². The van der Waals surface area contributed by atoms with Crippen molar-refractivity contribution in [2.45, 2.75) is 26.3 Å². The number of nitriles is 1. The van der Waals surface area contributed by atoms with Gasteiger partial charge in [0.2, 0.25) is 0 Å². The SMILES string of the molecule is CC(C)(C)Nc1cc(Cl)ccc1C#N. The Morgan fingerprint density at radius 1 is 1.36 bits per heavy atom. The summed E-state index contributed by atoms with van der Waals surface area (Å²) in [6, 6.07) is 7.33. The largest absolute Gasteiger partial charge is 0.379 e. The lowest BCUT2D eigenvalue weighted by molar-refractivity contribution is 0.634. The van der Waals surface area contributed by atoms with Crippen LogP contribution in [0.1, 0.15) is 26.3 Å². The van der Waals surface area contributed by atoms with Gasteiger partial charge in [0.05, 0.1) is 11.3 Å². The number of hydrogen-bond acceptors (Lipinski definition) is 2.